The summed E-state index contributed by atoms with van der Waals surface area (Å²) in [6, 6.07) is 12.9. The summed E-state index contributed by atoms with van der Waals surface area (Å²) < 4.78 is 33.8. The predicted molar refractivity (Wildman–Crippen MR) is 105 cm³/mol. The Kier molecular flexibility index (Phi) is 5.97. The van der Waals surface area contributed by atoms with E-state index in [0.717, 1.165) is 11.8 Å². The van der Waals surface area contributed by atoms with Crippen LogP contribution in [-0.2, 0) is 16.4 Å². The van der Waals surface area contributed by atoms with Crippen molar-refractivity contribution in [1.29, 1.82) is 0 Å². The molecule has 0 spiro atoms. The molecule has 0 unspecified atom stereocenters. The van der Waals surface area contributed by atoms with Crippen molar-refractivity contribution < 1.29 is 22.5 Å². The van der Waals surface area contributed by atoms with Gasteiger partial charge >= 0.3 is 0 Å². The molecule has 0 saturated carbocycles. The molecule has 0 aliphatic heterocycles. The Morgan fingerprint density at radius 3 is 2.48 bits per heavy atom. The first kappa shape index (κ1) is 20.5. The van der Waals surface area contributed by atoms with Gasteiger partial charge in [-0.3, -0.25) is 4.79 Å². The second-order valence-electron chi connectivity index (χ2n) is 6.55. The number of hydrogen-bond acceptors (Lipinski definition) is 7. The number of para-hydroxylation sites is 1. The molecular formula is C20H21N3O5S. The third kappa shape index (κ3) is 5.20. The van der Waals surface area contributed by atoms with Crippen LogP contribution >= 0.6 is 0 Å². The third-order valence-corrected chi connectivity index (χ3v) is 5.34. The fourth-order valence-corrected chi connectivity index (χ4v) is 3.31. The molecule has 0 fully saturated rings. The van der Waals surface area contributed by atoms with Crippen LogP contribution in [-0.4, -0.2) is 30.7 Å². The lowest BCUT2D eigenvalue weighted by Crippen LogP contribution is -2.27. The van der Waals surface area contributed by atoms with E-state index >= 15 is 0 Å². The van der Waals surface area contributed by atoms with Crippen molar-refractivity contribution in [2.75, 3.05) is 6.26 Å². The Morgan fingerprint density at radius 2 is 1.86 bits per heavy atom. The van der Waals surface area contributed by atoms with E-state index < -0.39 is 9.84 Å². The van der Waals surface area contributed by atoms with Gasteiger partial charge in [-0.25, -0.2) is 8.42 Å². The zero-order chi connectivity index (χ0) is 21.0. The Morgan fingerprint density at radius 1 is 1.17 bits per heavy atom. The van der Waals surface area contributed by atoms with Crippen LogP contribution in [0, 0.1) is 6.92 Å². The predicted octanol–water partition coefficient (Wildman–Crippen LogP) is 2.85. The molecule has 3 aromatic rings. The Labute approximate surface area is 168 Å². The van der Waals surface area contributed by atoms with Gasteiger partial charge in [-0.05, 0) is 36.8 Å². The lowest BCUT2D eigenvalue weighted by Gasteiger charge is -2.16. The van der Waals surface area contributed by atoms with Gasteiger partial charge in [-0.15, -0.1) is 0 Å². The minimum atomic E-state index is -3.27. The van der Waals surface area contributed by atoms with E-state index in [1.165, 1.54) is 12.1 Å². The van der Waals surface area contributed by atoms with Crippen LogP contribution in [0.4, 0.5) is 0 Å². The van der Waals surface area contributed by atoms with E-state index in [2.05, 4.69) is 15.5 Å². The zero-order valence-electron chi connectivity index (χ0n) is 16.2. The lowest BCUT2D eigenvalue weighted by atomic mass is 10.1. The molecule has 0 bridgehead atoms. The fourth-order valence-electron chi connectivity index (χ4n) is 2.68. The number of sulfone groups is 1. The fraction of sp³-hybridized carbons (Fsp3) is 0.250. The Balaban J connectivity index is 1.70. The number of ether oxygens (including phenoxy) is 1. The number of nitrogens with one attached hydrogen (secondary N) is 1. The van der Waals surface area contributed by atoms with E-state index in [-0.39, 0.29) is 23.5 Å². The molecule has 8 nitrogen and oxygen atoms in total. The number of benzene rings is 2. The Bertz CT molecular complexity index is 1110. The highest BCUT2D eigenvalue weighted by atomic mass is 32.2. The van der Waals surface area contributed by atoms with Gasteiger partial charge in [0.15, 0.2) is 16.4 Å². The largest absolute Gasteiger partial charge is 0.485 e. The summed E-state index contributed by atoms with van der Waals surface area (Å²) in [5.41, 5.74) is 1.15. The zero-order valence-corrected chi connectivity index (χ0v) is 17.1. The number of aromatic nitrogens is 2. The highest BCUT2D eigenvalue weighted by Crippen LogP contribution is 2.21. The summed E-state index contributed by atoms with van der Waals surface area (Å²) >= 11 is 0. The SMILES string of the molecule is Cc1nc(COc2ccccc2C(=O)N[C@@H](C)c2ccc(S(C)(=O)=O)cc2)no1. The monoisotopic (exact) mass is 415 g/mol. The van der Waals surface area contributed by atoms with Crippen LogP contribution in [0.25, 0.3) is 0 Å². The van der Waals surface area contributed by atoms with E-state index in [9.17, 15) is 13.2 Å². The molecule has 0 saturated heterocycles. The highest BCUT2D eigenvalue weighted by Gasteiger charge is 2.17. The van der Waals surface area contributed by atoms with Gasteiger partial charge in [-0.2, -0.15) is 4.98 Å². The molecule has 9 heteroatoms. The Hall–Kier alpha value is -3.20. The van der Waals surface area contributed by atoms with Crippen molar-refractivity contribution in [2.24, 2.45) is 0 Å². The van der Waals surface area contributed by atoms with Crippen LogP contribution < -0.4 is 10.1 Å². The summed E-state index contributed by atoms with van der Waals surface area (Å²) in [5.74, 6) is 0.902. The standard InChI is InChI=1S/C20H21N3O5S/c1-13(15-8-10-16(11-9-15)29(3,25)26)21-20(24)17-6-4-5-7-18(17)27-12-19-22-14(2)28-23-19/h4-11,13H,12H2,1-3H3,(H,21,24)/t13-/m0/s1. The van der Waals surface area contributed by atoms with Crippen molar-refractivity contribution in [3.05, 3.63) is 71.4 Å². The first-order valence-electron chi connectivity index (χ1n) is 8.86. The van der Waals surface area contributed by atoms with Crippen molar-refractivity contribution in [3.63, 3.8) is 0 Å². The van der Waals surface area contributed by atoms with Gasteiger partial charge < -0.3 is 14.6 Å². The summed E-state index contributed by atoms with van der Waals surface area (Å²) in [6.45, 7) is 3.57. The number of nitrogens with zero attached hydrogens (tertiary/aromatic N) is 2. The smallest absolute Gasteiger partial charge is 0.255 e. The van der Waals surface area contributed by atoms with Crippen LogP contribution in [0.2, 0.25) is 0 Å². The summed E-state index contributed by atoms with van der Waals surface area (Å²) in [5, 5.41) is 6.66. The maximum Gasteiger partial charge on any atom is 0.255 e. The number of carbonyl (C=O) groups is 1. The number of carbonyl (C=O) groups excluding carboxylic acids is 1. The molecular weight excluding hydrogens is 394 g/mol. The van der Waals surface area contributed by atoms with Crippen LogP contribution in [0.15, 0.2) is 57.9 Å². The molecule has 1 aromatic heterocycles. The first-order valence-corrected chi connectivity index (χ1v) is 10.7. The minimum absolute atomic E-state index is 0.0736. The van der Waals surface area contributed by atoms with Gasteiger partial charge in [0.25, 0.3) is 5.91 Å². The molecule has 152 valence electrons. The lowest BCUT2D eigenvalue weighted by molar-refractivity contribution is 0.0935. The van der Waals surface area contributed by atoms with Gasteiger partial charge in [0, 0.05) is 13.2 Å². The second kappa shape index (κ2) is 8.44. The maximum atomic E-state index is 12.8. The number of aryl methyl sites for hydroxylation is 1. The van der Waals surface area contributed by atoms with Crippen molar-refractivity contribution in [2.45, 2.75) is 31.4 Å². The molecule has 1 amide bonds. The summed E-state index contributed by atoms with van der Waals surface area (Å²) in [6.07, 6.45) is 1.15. The number of amides is 1. The maximum absolute atomic E-state index is 12.8. The third-order valence-electron chi connectivity index (χ3n) is 4.21. The van der Waals surface area contributed by atoms with E-state index in [4.69, 9.17) is 9.26 Å². The van der Waals surface area contributed by atoms with E-state index in [1.807, 2.05) is 6.92 Å². The molecule has 1 heterocycles. The topological polar surface area (TPSA) is 111 Å². The normalized spacial score (nSPS) is 12.4. The van der Waals surface area contributed by atoms with Gasteiger partial charge in [0.2, 0.25) is 11.7 Å². The van der Waals surface area contributed by atoms with Crippen molar-refractivity contribution in [1.82, 2.24) is 15.5 Å². The molecule has 0 aliphatic rings. The second-order valence-corrected chi connectivity index (χ2v) is 8.57. The molecule has 1 N–H and O–H groups in total. The molecule has 0 radical (unpaired) electrons. The van der Waals surface area contributed by atoms with Gasteiger partial charge in [0.1, 0.15) is 5.75 Å². The number of rotatable bonds is 7. The quantitative estimate of drug-likeness (QED) is 0.631. The van der Waals surface area contributed by atoms with Crippen LogP contribution in [0.3, 0.4) is 0 Å². The van der Waals surface area contributed by atoms with Crippen LogP contribution in [0.1, 0.15) is 40.6 Å². The molecule has 0 aliphatic carbocycles. The van der Waals surface area contributed by atoms with Gasteiger partial charge in [0.05, 0.1) is 16.5 Å². The van der Waals surface area contributed by atoms with Gasteiger partial charge in [-0.1, -0.05) is 29.4 Å². The summed E-state index contributed by atoms with van der Waals surface area (Å²) in [4.78, 5) is 17.1. The molecule has 29 heavy (non-hydrogen) atoms. The van der Waals surface area contributed by atoms with E-state index in [1.54, 1.807) is 43.3 Å². The average molecular weight is 415 g/mol. The molecule has 2 aromatic carbocycles. The highest BCUT2D eigenvalue weighted by molar-refractivity contribution is 7.90. The van der Waals surface area contributed by atoms with Crippen molar-refractivity contribution >= 4 is 15.7 Å². The van der Waals surface area contributed by atoms with Crippen LogP contribution in [0.5, 0.6) is 5.75 Å². The van der Waals surface area contributed by atoms with Crippen molar-refractivity contribution in [3.8, 4) is 5.75 Å². The van der Waals surface area contributed by atoms with E-state index in [0.29, 0.717) is 23.0 Å². The average Bonchev–Trinajstić information content (AvgIpc) is 3.11. The minimum Gasteiger partial charge on any atom is -0.485 e. The first-order chi connectivity index (χ1) is 13.7. The number of hydrogen-bond donors (Lipinski definition) is 1. The molecule has 3 rings (SSSR count). The molecule has 1 atom stereocenters. The summed E-state index contributed by atoms with van der Waals surface area (Å²) in [7, 11) is -3.27.